The molecule has 1 heterocycles. The molecule has 0 spiro atoms. The minimum absolute atomic E-state index is 0.212. The van der Waals surface area contributed by atoms with Crippen LogP contribution in [0.4, 0.5) is 11.4 Å². The molecular formula is C23H19N3O4. The quantitative estimate of drug-likeness (QED) is 0.379. The smallest absolute Gasteiger partial charge is 0.357 e. The van der Waals surface area contributed by atoms with Crippen molar-refractivity contribution in [3.8, 4) is 11.4 Å². The number of nitro groups is 1. The van der Waals surface area contributed by atoms with Crippen molar-refractivity contribution in [2.75, 3.05) is 12.4 Å². The van der Waals surface area contributed by atoms with Crippen molar-refractivity contribution in [1.29, 1.82) is 0 Å². The molecule has 30 heavy (non-hydrogen) atoms. The molecule has 7 heteroatoms. The lowest BCUT2D eigenvalue weighted by atomic mass is 10.1. The summed E-state index contributed by atoms with van der Waals surface area (Å²) in [5.41, 5.74) is 1.12. The molecule has 4 rings (SSSR count). The molecule has 3 aromatic carbocycles. The van der Waals surface area contributed by atoms with Crippen LogP contribution in [0.3, 0.4) is 0 Å². The van der Waals surface area contributed by atoms with Crippen LogP contribution in [0.2, 0.25) is 0 Å². The van der Waals surface area contributed by atoms with Crippen molar-refractivity contribution < 1.29 is 9.66 Å². The summed E-state index contributed by atoms with van der Waals surface area (Å²) >= 11 is 0. The second-order valence-electron chi connectivity index (χ2n) is 6.68. The molecule has 0 saturated carbocycles. The van der Waals surface area contributed by atoms with E-state index < -0.39 is 16.2 Å². The first-order valence-electron chi connectivity index (χ1n) is 9.34. The number of anilines is 1. The van der Waals surface area contributed by atoms with Crippen LogP contribution in [-0.2, 0) is 6.54 Å². The summed E-state index contributed by atoms with van der Waals surface area (Å²) < 4.78 is 6.54. The molecule has 4 aromatic rings. The maximum absolute atomic E-state index is 13.2. The molecule has 7 nitrogen and oxygen atoms in total. The van der Waals surface area contributed by atoms with Crippen molar-refractivity contribution >= 4 is 22.3 Å². The molecule has 150 valence electrons. The first kappa shape index (κ1) is 19.2. The Morgan fingerprint density at radius 3 is 2.30 bits per heavy atom. The van der Waals surface area contributed by atoms with E-state index in [1.54, 1.807) is 55.6 Å². The number of benzene rings is 3. The minimum atomic E-state index is -0.679. The lowest BCUT2D eigenvalue weighted by Gasteiger charge is -2.15. The molecule has 0 radical (unpaired) electrons. The topological polar surface area (TPSA) is 86.4 Å². The fraction of sp³-hybridized carbons (Fsp3) is 0.0870. The monoisotopic (exact) mass is 401 g/mol. The third-order valence-corrected chi connectivity index (χ3v) is 4.88. The van der Waals surface area contributed by atoms with Crippen LogP contribution < -0.4 is 15.6 Å². The Morgan fingerprint density at radius 2 is 1.63 bits per heavy atom. The van der Waals surface area contributed by atoms with Gasteiger partial charge in [0.25, 0.3) is 0 Å². The Kier molecular flexibility index (Phi) is 5.17. The van der Waals surface area contributed by atoms with Gasteiger partial charge in [-0.2, -0.15) is 0 Å². The summed E-state index contributed by atoms with van der Waals surface area (Å²) in [7, 11) is 1.59. The normalized spacial score (nSPS) is 10.7. The number of methoxy groups -OCH3 is 1. The van der Waals surface area contributed by atoms with E-state index in [4.69, 9.17) is 4.74 Å². The van der Waals surface area contributed by atoms with Gasteiger partial charge in [-0.3, -0.25) is 19.5 Å². The van der Waals surface area contributed by atoms with Gasteiger partial charge in [-0.05, 0) is 35.9 Å². The molecule has 0 aliphatic heterocycles. The summed E-state index contributed by atoms with van der Waals surface area (Å²) in [6.07, 6.45) is 0. The van der Waals surface area contributed by atoms with Gasteiger partial charge in [0.1, 0.15) is 11.4 Å². The van der Waals surface area contributed by atoms with E-state index in [-0.39, 0.29) is 5.69 Å². The van der Waals surface area contributed by atoms with E-state index in [9.17, 15) is 14.9 Å². The minimum Gasteiger partial charge on any atom is -0.497 e. The maximum Gasteiger partial charge on any atom is 0.357 e. The van der Waals surface area contributed by atoms with E-state index in [1.807, 2.05) is 30.3 Å². The van der Waals surface area contributed by atoms with Gasteiger partial charge in [0.15, 0.2) is 0 Å². The summed E-state index contributed by atoms with van der Waals surface area (Å²) in [4.78, 5) is 24.5. The zero-order chi connectivity index (χ0) is 21.1. The number of hydrogen-bond donors (Lipinski definition) is 1. The van der Waals surface area contributed by atoms with Crippen LogP contribution in [0.1, 0.15) is 5.56 Å². The van der Waals surface area contributed by atoms with Crippen LogP contribution in [-0.4, -0.2) is 16.6 Å². The van der Waals surface area contributed by atoms with E-state index in [0.29, 0.717) is 23.1 Å². The van der Waals surface area contributed by atoms with Gasteiger partial charge in [-0.15, -0.1) is 0 Å². The number of fused-ring (bicyclic) bond motifs is 1. The highest BCUT2D eigenvalue weighted by Crippen LogP contribution is 2.32. The maximum atomic E-state index is 13.2. The SMILES string of the molecule is COc1ccc(CNc2c([N+](=O)[O-])c(=O)n(-c3ccccc3)c3ccccc23)cc1. The van der Waals surface area contributed by atoms with Gasteiger partial charge in [0.2, 0.25) is 0 Å². The molecule has 0 unspecified atom stereocenters. The molecule has 0 atom stereocenters. The molecule has 0 amide bonds. The Labute approximate surface area is 172 Å². The summed E-state index contributed by atoms with van der Waals surface area (Å²) in [5.74, 6) is 0.723. The second-order valence-corrected chi connectivity index (χ2v) is 6.68. The second kappa shape index (κ2) is 8.08. The predicted octanol–water partition coefficient (Wildman–Crippen LogP) is 4.52. The van der Waals surface area contributed by atoms with E-state index in [0.717, 1.165) is 11.3 Å². The summed E-state index contributed by atoms with van der Waals surface area (Å²) in [6.45, 7) is 0.323. The number of pyridine rings is 1. The molecule has 0 fully saturated rings. The third-order valence-electron chi connectivity index (χ3n) is 4.88. The largest absolute Gasteiger partial charge is 0.497 e. The fourth-order valence-electron chi connectivity index (χ4n) is 3.45. The highest BCUT2D eigenvalue weighted by atomic mass is 16.6. The average Bonchev–Trinajstić information content (AvgIpc) is 2.78. The number of para-hydroxylation sites is 2. The number of aromatic nitrogens is 1. The van der Waals surface area contributed by atoms with E-state index >= 15 is 0 Å². The zero-order valence-corrected chi connectivity index (χ0v) is 16.2. The van der Waals surface area contributed by atoms with Crippen molar-refractivity contribution in [3.63, 3.8) is 0 Å². The summed E-state index contributed by atoms with van der Waals surface area (Å²) in [6, 6.07) is 23.4. The number of ether oxygens (including phenoxy) is 1. The Hall–Kier alpha value is -4.13. The Morgan fingerprint density at radius 1 is 0.967 bits per heavy atom. The Balaban J connectivity index is 1.88. The predicted molar refractivity (Wildman–Crippen MR) is 117 cm³/mol. The number of hydrogen-bond acceptors (Lipinski definition) is 5. The zero-order valence-electron chi connectivity index (χ0n) is 16.2. The van der Waals surface area contributed by atoms with Crippen LogP contribution >= 0.6 is 0 Å². The fourth-order valence-corrected chi connectivity index (χ4v) is 3.45. The van der Waals surface area contributed by atoms with E-state index in [2.05, 4.69) is 5.32 Å². The van der Waals surface area contributed by atoms with E-state index in [1.165, 1.54) is 4.57 Å². The highest BCUT2D eigenvalue weighted by Gasteiger charge is 2.26. The number of rotatable bonds is 6. The molecule has 1 aromatic heterocycles. The van der Waals surface area contributed by atoms with Crippen LogP contribution in [0.25, 0.3) is 16.6 Å². The molecule has 0 aliphatic carbocycles. The van der Waals surface area contributed by atoms with Crippen molar-refractivity contribution in [2.24, 2.45) is 0 Å². The average molecular weight is 401 g/mol. The van der Waals surface area contributed by atoms with Crippen molar-refractivity contribution in [3.05, 3.63) is 105 Å². The number of nitrogens with one attached hydrogen (secondary N) is 1. The number of nitrogens with zero attached hydrogens (tertiary/aromatic N) is 2. The molecule has 0 saturated heterocycles. The van der Waals surface area contributed by atoms with Crippen LogP contribution in [0.5, 0.6) is 5.75 Å². The molecule has 0 aliphatic rings. The molecule has 1 N–H and O–H groups in total. The third kappa shape index (κ3) is 3.48. The van der Waals surface area contributed by atoms with Crippen LogP contribution in [0, 0.1) is 10.1 Å². The standard InChI is InChI=1S/C23H19N3O4/c1-30-18-13-11-16(12-14-18)15-24-21-19-9-5-6-10-20(19)25(17-7-3-2-4-8-17)23(27)22(21)26(28)29/h2-14,24H,15H2,1H3. The summed E-state index contributed by atoms with van der Waals surface area (Å²) in [5, 5.41) is 15.6. The van der Waals surface area contributed by atoms with Gasteiger partial charge in [0, 0.05) is 17.6 Å². The van der Waals surface area contributed by atoms with Gasteiger partial charge in [-0.1, -0.05) is 48.5 Å². The molecular weight excluding hydrogens is 382 g/mol. The van der Waals surface area contributed by atoms with Gasteiger partial charge >= 0.3 is 11.2 Å². The Bertz CT molecular complexity index is 1270. The van der Waals surface area contributed by atoms with Crippen molar-refractivity contribution in [2.45, 2.75) is 6.54 Å². The molecule has 0 bridgehead atoms. The van der Waals surface area contributed by atoms with Gasteiger partial charge in [0.05, 0.1) is 17.5 Å². The first-order chi connectivity index (χ1) is 14.6. The lowest BCUT2D eigenvalue weighted by molar-refractivity contribution is -0.385. The van der Waals surface area contributed by atoms with Crippen molar-refractivity contribution in [1.82, 2.24) is 4.57 Å². The lowest BCUT2D eigenvalue weighted by Crippen LogP contribution is -2.23. The van der Waals surface area contributed by atoms with Crippen LogP contribution in [0.15, 0.2) is 83.7 Å². The first-order valence-corrected chi connectivity index (χ1v) is 9.34. The highest BCUT2D eigenvalue weighted by molar-refractivity contribution is 5.97. The van der Waals surface area contributed by atoms with Gasteiger partial charge in [-0.25, -0.2) is 0 Å². The van der Waals surface area contributed by atoms with Gasteiger partial charge < -0.3 is 10.1 Å².